The number of hydrogen-bond donors (Lipinski definition) is 1. The molecule has 100 valence electrons. The molecule has 0 spiro atoms. The molecule has 2 atom stereocenters. The predicted octanol–water partition coefficient (Wildman–Crippen LogP) is 2.96. The molecule has 0 radical (unpaired) electrons. The van der Waals surface area contributed by atoms with Crippen LogP contribution >= 0.6 is 0 Å². The zero-order chi connectivity index (χ0) is 13.0. The highest BCUT2D eigenvalue weighted by atomic mass is 19.1. The second-order valence-electron chi connectivity index (χ2n) is 5.12. The standard InChI is InChI=1S/C15H23FN2/c1-3-17-15-5-4-10-18(11-15)12(2)13-6-8-14(16)9-7-13/h6-9,12,15,17H,3-5,10-11H2,1-2H3. The minimum Gasteiger partial charge on any atom is -0.313 e. The van der Waals surface area contributed by atoms with Crippen molar-refractivity contribution in [3.05, 3.63) is 35.6 Å². The van der Waals surface area contributed by atoms with Crippen LogP contribution in [0.4, 0.5) is 4.39 Å². The molecule has 0 aliphatic carbocycles. The Bertz CT molecular complexity index is 361. The van der Waals surface area contributed by atoms with Crippen LogP contribution in [0.5, 0.6) is 0 Å². The summed E-state index contributed by atoms with van der Waals surface area (Å²) in [5, 5.41) is 3.53. The monoisotopic (exact) mass is 250 g/mol. The molecule has 1 aromatic rings. The molecule has 0 saturated carbocycles. The second kappa shape index (κ2) is 6.30. The molecule has 18 heavy (non-hydrogen) atoms. The van der Waals surface area contributed by atoms with Crippen molar-refractivity contribution in [1.82, 2.24) is 10.2 Å². The third-order valence-corrected chi connectivity index (χ3v) is 3.85. The van der Waals surface area contributed by atoms with Crippen LogP contribution < -0.4 is 5.32 Å². The zero-order valence-corrected chi connectivity index (χ0v) is 11.3. The third kappa shape index (κ3) is 3.30. The number of hydrogen-bond acceptors (Lipinski definition) is 2. The Morgan fingerprint density at radius 3 is 2.78 bits per heavy atom. The SMILES string of the molecule is CCNC1CCCN(C(C)c2ccc(F)cc2)C1. The summed E-state index contributed by atoms with van der Waals surface area (Å²) in [5.41, 5.74) is 1.20. The van der Waals surface area contributed by atoms with Crippen LogP contribution in [0.2, 0.25) is 0 Å². The molecule has 1 aliphatic rings. The second-order valence-corrected chi connectivity index (χ2v) is 5.12. The summed E-state index contributed by atoms with van der Waals surface area (Å²) >= 11 is 0. The lowest BCUT2D eigenvalue weighted by Crippen LogP contribution is -2.46. The van der Waals surface area contributed by atoms with Gasteiger partial charge in [-0.1, -0.05) is 19.1 Å². The van der Waals surface area contributed by atoms with Gasteiger partial charge >= 0.3 is 0 Å². The van der Waals surface area contributed by atoms with Gasteiger partial charge in [-0.15, -0.1) is 0 Å². The first kappa shape index (κ1) is 13.5. The number of nitrogens with zero attached hydrogens (tertiary/aromatic N) is 1. The van der Waals surface area contributed by atoms with Crippen molar-refractivity contribution in [3.8, 4) is 0 Å². The number of benzene rings is 1. The summed E-state index contributed by atoms with van der Waals surface area (Å²) in [6.45, 7) is 7.63. The highest BCUT2D eigenvalue weighted by molar-refractivity contribution is 5.19. The zero-order valence-electron chi connectivity index (χ0n) is 11.3. The van der Waals surface area contributed by atoms with Crippen LogP contribution in [0.1, 0.15) is 38.3 Å². The van der Waals surface area contributed by atoms with Gasteiger partial charge in [-0.3, -0.25) is 4.90 Å². The average molecular weight is 250 g/mol. The van der Waals surface area contributed by atoms with Gasteiger partial charge in [-0.25, -0.2) is 4.39 Å². The van der Waals surface area contributed by atoms with Gasteiger partial charge in [0.1, 0.15) is 5.82 Å². The topological polar surface area (TPSA) is 15.3 Å². The molecule has 3 heteroatoms. The van der Waals surface area contributed by atoms with E-state index in [1.165, 1.54) is 18.4 Å². The van der Waals surface area contributed by atoms with Gasteiger partial charge < -0.3 is 5.32 Å². The van der Waals surface area contributed by atoms with Gasteiger partial charge in [0.25, 0.3) is 0 Å². The average Bonchev–Trinajstić information content (AvgIpc) is 2.39. The van der Waals surface area contributed by atoms with Crippen LogP contribution in [0.25, 0.3) is 0 Å². The molecule has 0 bridgehead atoms. The molecule has 0 amide bonds. The van der Waals surface area contributed by atoms with Gasteiger partial charge in [-0.05, 0) is 50.6 Å². The normalized spacial score (nSPS) is 22.9. The summed E-state index contributed by atoms with van der Waals surface area (Å²) in [4.78, 5) is 2.49. The molecule has 2 rings (SSSR count). The Labute approximate surface area is 109 Å². The first-order valence-electron chi connectivity index (χ1n) is 6.93. The lowest BCUT2D eigenvalue weighted by Gasteiger charge is -2.37. The molecule has 1 N–H and O–H groups in total. The quantitative estimate of drug-likeness (QED) is 0.884. The van der Waals surface area contributed by atoms with E-state index in [4.69, 9.17) is 0 Å². The van der Waals surface area contributed by atoms with E-state index in [0.717, 1.165) is 19.6 Å². The molecular weight excluding hydrogens is 227 g/mol. The highest BCUT2D eigenvalue weighted by Crippen LogP contribution is 2.24. The highest BCUT2D eigenvalue weighted by Gasteiger charge is 2.23. The van der Waals surface area contributed by atoms with E-state index in [1.807, 2.05) is 12.1 Å². The molecule has 1 saturated heterocycles. The molecular formula is C15H23FN2. The van der Waals surface area contributed by atoms with Crippen LogP contribution in [-0.4, -0.2) is 30.6 Å². The van der Waals surface area contributed by atoms with Gasteiger partial charge in [0.15, 0.2) is 0 Å². The Balaban J connectivity index is 1.99. The summed E-state index contributed by atoms with van der Waals surface area (Å²) in [5.74, 6) is -0.157. The van der Waals surface area contributed by atoms with Crippen molar-refractivity contribution >= 4 is 0 Å². The number of likely N-dealkylation sites (tertiary alicyclic amines) is 1. The first-order valence-corrected chi connectivity index (χ1v) is 6.93. The van der Waals surface area contributed by atoms with Gasteiger partial charge in [-0.2, -0.15) is 0 Å². The van der Waals surface area contributed by atoms with Crippen molar-refractivity contribution < 1.29 is 4.39 Å². The third-order valence-electron chi connectivity index (χ3n) is 3.85. The largest absolute Gasteiger partial charge is 0.313 e. The molecule has 1 fully saturated rings. The lowest BCUT2D eigenvalue weighted by molar-refractivity contribution is 0.147. The van der Waals surface area contributed by atoms with Crippen molar-refractivity contribution in [3.63, 3.8) is 0 Å². The van der Waals surface area contributed by atoms with Crippen LogP contribution in [-0.2, 0) is 0 Å². The van der Waals surface area contributed by atoms with E-state index < -0.39 is 0 Å². The summed E-state index contributed by atoms with van der Waals surface area (Å²) in [7, 11) is 0. The Morgan fingerprint density at radius 1 is 1.39 bits per heavy atom. The lowest BCUT2D eigenvalue weighted by atomic mass is 10.0. The Kier molecular flexibility index (Phi) is 4.72. The fourth-order valence-electron chi connectivity index (χ4n) is 2.77. The number of piperidine rings is 1. The number of likely N-dealkylation sites (N-methyl/N-ethyl adjacent to an activating group) is 1. The molecule has 1 aliphatic heterocycles. The van der Waals surface area contributed by atoms with Crippen molar-refractivity contribution in [2.24, 2.45) is 0 Å². The van der Waals surface area contributed by atoms with Crippen LogP contribution in [0, 0.1) is 5.82 Å². The maximum Gasteiger partial charge on any atom is 0.123 e. The van der Waals surface area contributed by atoms with E-state index in [2.05, 4.69) is 24.1 Å². The number of rotatable bonds is 4. The number of halogens is 1. The van der Waals surface area contributed by atoms with E-state index >= 15 is 0 Å². The minimum absolute atomic E-state index is 0.157. The Hall–Kier alpha value is -0.930. The summed E-state index contributed by atoms with van der Waals surface area (Å²) < 4.78 is 12.9. The molecule has 1 aromatic carbocycles. The maximum atomic E-state index is 12.9. The molecule has 1 heterocycles. The van der Waals surface area contributed by atoms with E-state index in [0.29, 0.717) is 12.1 Å². The van der Waals surface area contributed by atoms with Crippen molar-refractivity contribution in [2.45, 2.75) is 38.8 Å². The predicted molar refractivity (Wildman–Crippen MR) is 73.1 cm³/mol. The van der Waals surface area contributed by atoms with Crippen molar-refractivity contribution in [2.75, 3.05) is 19.6 Å². The van der Waals surface area contributed by atoms with E-state index in [9.17, 15) is 4.39 Å². The fourth-order valence-corrected chi connectivity index (χ4v) is 2.77. The minimum atomic E-state index is -0.157. The summed E-state index contributed by atoms with van der Waals surface area (Å²) in [6.07, 6.45) is 2.50. The van der Waals surface area contributed by atoms with Gasteiger partial charge in [0.2, 0.25) is 0 Å². The Morgan fingerprint density at radius 2 is 2.11 bits per heavy atom. The fraction of sp³-hybridized carbons (Fsp3) is 0.600. The molecule has 2 unspecified atom stereocenters. The van der Waals surface area contributed by atoms with E-state index in [1.54, 1.807) is 12.1 Å². The van der Waals surface area contributed by atoms with Gasteiger partial charge in [0, 0.05) is 18.6 Å². The summed E-state index contributed by atoms with van der Waals surface area (Å²) in [6, 6.07) is 7.88. The molecule has 0 aromatic heterocycles. The molecule has 2 nitrogen and oxygen atoms in total. The van der Waals surface area contributed by atoms with Gasteiger partial charge in [0.05, 0.1) is 0 Å². The smallest absolute Gasteiger partial charge is 0.123 e. The van der Waals surface area contributed by atoms with E-state index in [-0.39, 0.29) is 5.82 Å². The van der Waals surface area contributed by atoms with Crippen LogP contribution in [0.15, 0.2) is 24.3 Å². The number of nitrogens with one attached hydrogen (secondary N) is 1. The first-order chi connectivity index (χ1) is 8.70. The van der Waals surface area contributed by atoms with Crippen molar-refractivity contribution in [1.29, 1.82) is 0 Å². The van der Waals surface area contributed by atoms with Crippen LogP contribution in [0.3, 0.4) is 0 Å². The maximum absolute atomic E-state index is 12.9.